The molecule has 25 heavy (non-hydrogen) atoms. The lowest BCUT2D eigenvalue weighted by Gasteiger charge is -2.11. The van der Waals surface area contributed by atoms with Crippen LogP contribution in [0, 0.1) is 5.82 Å². The molecule has 1 heterocycles. The Hall–Kier alpha value is -2.53. The molecule has 0 bridgehead atoms. The van der Waals surface area contributed by atoms with E-state index in [1.165, 1.54) is 6.07 Å². The molecule has 0 aliphatic carbocycles. The van der Waals surface area contributed by atoms with Gasteiger partial charge >= 0.3 is 0 Å². The highest BCUT2D eigenvalue weighted by Crippen LogP contribution is 2.33. The van der Waals surface area contributed by atoms with Crippen molar-refractivity contribution in [1.29, 1.82) is 0 Å². The van der Waals surface area contributed by atoms with Crippen LogP contribution in [0.2, 0.25) is 0 Å². The van der Waals surface area contributed by atoms with Gasteiger partial charge < -0.3 is 19.4 Å². The van der Waals surface area contributed by atoms with E-state index in [4.69, 9.17) is 9.47 Å². The Kier molecular flexibility index (Phi) is 5.56. The number of fused-ring (bicyclic) bond motifs is 1. The lowest BCUT2D eigenvalue weighted by Crippen LogP contribution is -2.11. The number of halogens is 1. The van der Waals surface area contributed by atoms with Crippen LogP contribution in [0.1, 0.15) is 5.56 Å². The van der Waals surface area contributed by atoms with Crippen LogP contribution in [-0.2, 0) is 13.5 Å². The standard InChI is InChI=1S/C20H23FN2O2/c1-22-11-10-15-14-23(2)18-9-8-17(21)20(19(15)18)25-13-12-24-16-6-4-3-5-7-16/h3-9,14,22H,10-13H2,1-2H3. The Bertz CT molecular complexity index is 831. The molecule has 3 aromatic rings. The SMILES string of the molecule is CNCCc1cn(C)c2ccc(F)c(OCCOc3ccccc3)c12. The average Bonchev–Trinajstić information content (AvgIpc) is 2.95. The first-order valence-electron chi connectivity index (χ1n) is 8.42. The number of aromatic nitrogens is 1. The summed E-state index contributed by atoms with van der Waals surface area (Å²) in [7, 11) is 3.87. The van der Waals surface area contributed by atoms with E-state index in [1.54, 1.807) is 6.07 Å². The van der Waals surface area contributed by atoms with E-state index in [-0.39, 0.29) is 12.4 Å². The first-order valence-corrected chi connectivity index (χ1v) is 8.42. The van der Waals surface area contributed by atoms with E-state index < -0.39 is 0 Å². The summed E-state index contributed by atoms with van der Waals surface area (Å²) in [5.41, 5.74) is 2.04. The third-order valence-corrected chi connectivity index (χ3v) is 4.12. The smallest absolute Gasteiger partial charge is 0.165 e. The lowest BCUT2D eigenvalue weighted by molar-refractivity contribution is 0.213. The van der Waals surface area contributed by atoms with Crippen molar-refractivity contribution in [3.63, 3.8) is 0 Å². The molecule has 0 spiro atoms. The average molecular weight is 342 g/mol. The highest BCUT2D eigenvalue weighted by Gasteiger charge is 2.16. The van der Waals surface area contributed by atoms with Gasteiger partial charge in [0.05, 0.1) is 5.52 Å². The molecule has 3 rings (SSSR count). The molecule has 0 unspecified atom stereocenters. The van der Waals surface area contributed by atoms with Gasteiger partial charge in [-0.1, -0.05) is 18.2 Å². The molecular weight excluding hydrogens is 319 g/mol. The number of para-hydroxylation sites is 1. The van der Waals surface area contributed by atoms with Gasteiger partial charge in [-0.25, -0.2) is 4.39 Å². The van der Waals surface area contributed by atoms with Gasteiger partial charge in [0.25, 0.3) is 0 Å². The van der Waals surface area contributed by atoms with Gasteiger partial charge in [-0.15, -0.1) is 0 Å². The van der Waals surface area contributed by atoms with Gasteiger partial charge in [0.2, 0.25) is 0 Å². The molecule has 0 radical (unpaired) electrons. The van der Waals surface area contributed by atoms with E-state index >= 15 is 0 Å². The van der Waals surface area contributed by atoms with Gasteiger partial charge in [0.1, 0.15) is 19.0 Å². The maximum atomic E-state index is 14.4. The van der Waals surface area contributed by atoms with Crippen molar-refractivity contribution in [1.82, 2.24) is 9.88 Å². The molecule has 4 nitrogen and oxygen atoms in total. The second kappa shape index (κ2) is 8.03. The number of hydrogen-bond acceptors (Lipinski definition) is 3. The van der Waals surface area contributed by atoms with Crippen molar-refractivity contribution in [2.45, 2.75) is 6.42 Å². The summed E-state index contributed by atoms with van der Waals surface area (Å²) in [6.07, 6.45) is 2.85. The van der Waals surface area contributed by atoms with Crippen LogP contribution in [-0.4, -0.2) is 31.4 Å². The number of ether oxygens (including phenoxy) is 2. The minimum absolute atomic E-state index is 0.283. The monoisotopic (exact) mass is 342 g/mol. The number of aryl methyl sites for hydroxylation is 1. The molecular formula is C20H23FN2O2. The summed E-state index contributed by atoms with van der Waals surface area (Å²) < 4.78 is 27.8. The molecule has 0 aliphatic rings. The first kappa shape index (κ1) is 17.3. The van der Waals surface area contributed by atoms with E-state index in [9.17, 15) is 4.39 Å². The maximum Gasteiger partial charge on any atom is 0.165 e. The fourth-order valence-electron chi connectivity index (χ4n) is 2.93. The van der Waals surface area contributed by atoms with Crippen molar-refractivity contribution >= 4 is 10.9 Å². The zero-order valence-corrected chi connectivity index (χ0v) is 14.6. The summed E-state index contributed by atoms with van der Waals surface area (Å²) >= 11 is 0. The predicted molar refractivity (Wildman–Crippen MR) is 97.9 cm³/mol. The number of likely N-dealkylation sites (N-methyl/N-ethyl adjacent to an activating group) is 1. The molecule has 0 atom stereocenters. The fourth-order valence-corrected chi connectivity index (χ4v) is 2.93. The summed E-state index contributed by atoms with van der Waals surface area (Å²) in [6, 6.07) is 12.8. The minimum atomic E-state index is -0.343. The van der Waals surface area contributed by atoms with Crippen LogP contribution < -0.4 is 14.8 Å². The Labute approximate surface area is 147 Å². The van der Waals surface area contributed by atoms with Gasteiger partial charge in [0, 0.05) is 18.6 Å². The van der Waals surface area contributed by atoms with Gasteiger partial charge in [-0.2, -0.15) is 0 Å². The molecule has 1 aromatic heterocycles. The molecule has 0 aliphatic heterocycles. The summed E-state index contributed by atoms with van der Waals surface area (Å²) in [5, 5.41) is 3.98. The zero-order valence-electron chi connectivity index (χ0n) is 14.6. The van der Waals surface area contributed by atoms with Crippen LogP contribution in [0.3, 0.4) is 0 Å². The minimum Gasteiger partial charge on any atom is -0.490 e. The van der Waals surface area contributed by atoms with Crippen LogP contribution in [0.25, 0.3) is 10.9 Å². The molecule has 132 valence electrons. The van der Waals surface area contributed by atoms with E-state index in [1.807, 2.05) is 55.2 Å². The molecule has 5 heteroatoms. The normalized spacial score (nSPS) is 11.0. The van der Waals surface area contributed by atoms with E-state index in [2.05, 4.69) is 5.32 Å². The van der Waals surface area contributed by atoms with Crippen molar-refractivity contribution in [2.75, 3.05) is 26.8 Å². The van der Waals surface area contributed by atoms with Crippen LogP contribution in [0.15, 0.2) is 48.7 Å². The Morgan fingerprint density at radius 3 is 2.56 bits per heavy atom. The second-order valence-corrected chi connectivity index (χ2v) is 5.90. The molecule has 1 N–H and O–H groups in total. The Balaban J connectivity index is 1.76. The van der Waals surface area contributed by atoms with Gasteiger partial charge in [-0.05, 0) is 49.8 Å². The Morgan fingerprint density at radius 1 is 1.04 bits per heavy atom. The number of nitrogens with zero attached hydrogens (tertiary/aromatic N) is 1. The van der Waals surface area contributed by atoms with E-state index in [0.717, 1.165) is 35.2 Å². The van der Waals surface area contributed by atoms with Gasteiger partial charge in [-0.3, -0.25) is 0 Å². The quantitative estimate of drug-likeness (QED) is 0.636. The molecule has 0 saturated carbocycles. The fraction of sp³-hybridized carbons (Fsp3) is 0.300. The highest BCUT2D eigenvalue weighted by atomic mass is 19.1. The predicted octanol–water partition coefficient (Wildman–Crippen LogP) is 3.54. The first-order chi connectivity index (χ1) is 12.2. The summed E-state index contributed by atoms with van der Waals surface area (Å²) in [4.78, 5) is 0. The lowest BCUT2D eigenvalue weighted by atomic mass is 10.1. The Morgan fingerprint density at radius 2 is 1.80 bits per heavy atom. The van der Waals surface area contributed by atoms with Crippen molar-refractivity contribution in [3.05, 3.63) is 60.0 Å². The number of nitrogens with one attached hydrogen (secondary N) is 1. The highest BCUT2D eigenvalue weighted by molar-refractivity contribution is 5.90. The molecule has 2 aromatic carbocycles. The number of benzene rings is 2. The molecule has 0 amide bonds. The van der Waals surface area contributed by atoms with Crippen LogP contribution >= 0.6 is 0 Å². The van der Waals surface area contributed by atoms with Crippen molar-refractivity contribution in [2.24, 2.45) is 7.05 Å². The topological polar surface area (TPSA) is 35.4 Å². The third kappa shape index (κ3) is 3.94. The third-order valence-electron chi connectivity index (χ3n) is 4.12. The second-order valence-electron chi connectivity index (χ2n) is 5.90. The molecule has 0 saturated heterocycles. The van der Waals surface area contributed by atoms with Crippen molar-refractivity contribution in [3.8, 4) is 11.5 Å². The number of rotatable bonds is 8. The summed E-state index contributed by atoms with van der Waals surface area (Å²) in [5.74, 6) is 0.740. The zero-order chi connectivity index (χ0) is 17.6. The van der Waals surface area contributed by atoms with E-state index in [0.29, 0.717) is 12.4 Å². The largest absolute Gasteiger partial charge is 0.490 e. The number of hydrogen-bond donors (Lipinski definition) is 1. The van der Waals surface area contributed by atoms with Crippen LogP contribution in [0.5, 0.6) is 11.5 Å². The maximum absolute atomic E-state index is 14.4. The van der Waals surface area contributed by atoms with Crippen LogP contribution in [0.4, 0.5) is 4.39 Å². The summed E-state index contributed by atoms with van der Waals surface area (Å²) in [6.45, 7) is 1.47. The molecule has 0 fully saturated rings. The van der Waals surface area contributed by atoms with Crippen molar-refractivity contribution < 1.29 is 13.9 Å². The van der Waals surface area contributed by atoms with Gasteiger partial charge in [0.15, 0.2) is 11.6 Å².